The Balaban J connectivity index is 2.01. The molecule has 23 heavy (non-hydrogen) atoms. The van der Waals surface area contributed by atoms with Gasteiger partial charge in [-0.1, -0.05) is 49.8 Å². The summed E-state index contributed by atoms with van der Waals surface area (Å²) in [6.07, 6.45) is 8.25. The van der Waals surface area contributed by atoms with E-state index in [2.05, 4.69) is 19.6 Å². The Hall–Kier alpha value is -1.84. The molecule has 0 spiro atoms. The zero-order valence-corrected chi connectivity index (χ0v) is 13.8. The van der Waals surface area contributed by atoms with Gasteiger partial charge in [-0.25, -0.2) is 0 Å². The maximum absolute atomic E-state index is 9.37. The number of ether oxygens (including phenoxy) is 1. The van der Waals surface area contributed by atoms with E-state index in [4.69, 9.17) is 4.74 Å². The number of phenols is 1. The Morgan fingerprint density at radius 3 is 2.70 bits per heavy atom. The Morgan fingerprint density at radius 1 is 1.30 bits per heavy atom. The lowest BCUT2D eigenvalue weighted by atomic mass is 9.95. The second-order valence-corrected chi connectivity index (χ2v) is 5.93. The van der Waals surface area contributed by atoms with Crippen LogP contribution >= 0.6 is 0 Å². The van der Waals surface area contributed by atoms with Gasteiger partial charge in [-0.2, -0.15) is 0 Å². The van der Waals surface area contributed by atoms with Crippen molar-refractivity contribution in [2.24, 2.45) is 0 Å². The van der Waals surface area contributed by atoms with E-state index in [-0.39, 0.29) is 18.5 Å². The summed E-state index contributed by atoms with van der Waals surface area (Å²) in [4.78, 5) is 0. The van der Waals surface area contributed by atoms with Crippen molar-refractivity contribution in [2.75, 3.05) is 13.2 Å². The van der Waals surface area contributed by atoms with Gasteiger partial charge in [0.05, 0.1) is 19.3 Å². The van der Waals surface area contributed by atoms with E-state index in [0.717, 1.165) is 42.4 Å². The molecular formula is C20H26O3. The van der Waals surface area contributed by atoms with Crippen molar-refractivity contribution in [3.63, 3.8) is 0 Å². The van der Waals surface area contributed by atoms with Crippen molar-refractivity contribution in [3.05, 3.63) is 59.2 Å². The number of aliphatic hydroxyl groups excluding tert-OH is 1. The Bertz CT molecular complexity index is 581. The highest BCUT2D eigenvalue weighted by molar-refractivity contribution is 5.54. The number of aromatic hydroxyl groups is 1. The average Bonchev–Trinajstić information content (AvgIpc) is 3.02. The maximum atomic E-state index is 9.37. The monoisotopic (exact) mass is 314 g/mol. The molecule has 2 N–H and O–H groups in total. The van der Waals surface area contributed by atoms with Crippen LogP contribution in [-0.4, -0.2) is 29.5 Å². The molecule has 3 nitrogen and oxygen atoms in total. The van der Waals surface area contributed by atoms with Crippen molar-refractivity contribution in [2.45, 2.75) is 38.7 Å². The summed E-state index contributed by atoms with van der Waals surface area (Å²) in [7, 11) is 0. The van der Waals surface area contributed by atoms with E-state index in [9.17, 15) is 10.2 Å². The third-order valence-corrected chi connectivity index (χ3v) is 4.11. The van der Waals surface area contributed by atoms with Crippen LogP contribution in [0.15, 0.2) is 53.6 Å². The molecule has 3 heteroatoms. The molecule has 0 fully saturated rings. The van der Waals surface area contributed by atoms with Crippen molar-refractivity contribution < 1.29 is 14.9 Å². The van der Waals surface area contributed by atoms with Crippen LogP contribution in [0.25, 0.3) is 6.08 Å². The minimum absolute atomic E-state index is 0.0170. The first-order valence-electron chi connectivity index (χ1n) is 8.23. The van der Waals surface area contributed by atoms with Gasteiger partial charge in [0.25, 0.3) is 0 Å². The van der Waals surface area contributed by atoms with Crippen LogP contribution in [0.1, 0.15) is 38.2 Å². The Morgan fingerprint density at radius 2 is 2.04 bits per heavy atom. The molecule has 1 aliphatic rings. The fraction of sp³-hybridized carbons (Fsp3) is 0.400. The number of phenolic OH excluding ortho intramolecular Hbond substituents is 1. The Kier molecular flexibility index (Phi) is 6.63. The number of benzene rings is 1. The molecule has 1 aromatic rings. The summed E-state index contributed by atoms with van der Waals surface area (Å²) < 4.78 is 5.76. The van der Waals surface area contributed by atoms with Crippen LogP contribution in [-0.2, 0) is 4.74 Å². The van der Waals surface area contributed by atoms with E-state index >= 15 is 0 Å². The zero-order chi connectivity index (χ0) is 16.7. The summed E-state index contributed by atoms with van der Waals surface area (Å²) in [6.45, 7) is 6.67. The van der Waals surface area contributed by atoms with E-state index in [1.54, 1.807) is 12.1 Å². The minimum atomic E-state index is -0.0170. The van der Waals surface area contributed by atoms with Crippen LogP contribution in [0.2, 0.25) is 0 Å². The van der Waals surface area contributed by atoms with Crippen molar-refractivity contribution in [3.8, 4) is 5.75 Å². The normalized spacial score (nSPS) is 18.1. The molecule has 1 unspecified atom stereocenters. The highest BCUT2D eigenvalue weighted by Crippen LogP contribution is 2.27. The summed E-state index contributed by atoms with van der Waals surface area (Å²) in [5.41, 5.74) is 4.29. The third-order valence-electron chi connectivity index (χ3n) is 4.11. The van der Waals surface area contributed by atoms with Gasteiger partial charge in [-0.05, 0) is 48.1 Å². The van der Waals surface area contributed by atoms with Crippen LogP contribution in [0.5, 0.6) is 5.75 Å². The molecule has 0 bridgehead atoms. The molecule has 0 saturated heterocycles. The summed E-state index contributed by atoms with van der Waals surface area (Å²) in [6, 6.07) is 7.27. The lowest BCUT2D eigenvalue weighted by molar-refractivity contribution is 0.115. The molecule has 1 aromatic carbocycles. The second kappa shape index (κ2) is 8.70. The van der Waals surface area contributed by atoms with Crippen molar-refractivity contribution in [1.29, 1.82) is 0 Å². The van der Waals surface area contributed by atoms with E-state index in [0.29, 0.717) is 6.61 Å². The molecule has 1 aliphatic heterocycles. The number of aliphatic hydroxyl groups is 1. The molecule has 1 atom stereocenters. The first-order valence-corrected chi connectivity index (χ1v) is 8.23. The van der Waals surface area contributed by atoms with Gasteiger partial charge >= 0.3 is 0 Å². The lowest BCUT2D eigenvalue weighted by Crippen LogP contribution is -2.13. The molecule has 0 aliphatic carbocycles. The van der Waals surface area contributed by atoms with Crippen molar-refractivity contribution in [1.82, 2.24) is 0 Å². The zero-order valence-electron chi connectivity index (χ0n) is 13.8. The fourth-order valence-electron chi connectivity index (χ4n) is 2.89. The topological polar surface area (TPSA) is 49.7 Å². The molecule has 0 aromatic heterocycles. The molecule has 0 amide bonds. The average molecular weight is 314 g/mol. The highest BCUT2D eigenvalue weighted by atomic mass is 16.5. The second-order valence-electron chi connectivity index (χ2n) is 5.93. The smallest absolute Gasteiger partial charge is 0.115 e. The molecule has 0 saturated carbocycles. The van der Waals surface area contributed by atoms with E-state index in [1.165, 1.54) is 5.57 Å². The van der Waals surface area contributed by atoms with Gasteiger partial charge in [0, 0.05) is 0 Å². The predicted molar refractivity (Wildman–Crippen MR) is 94.3 cm³/mol. The van der Waals surface area contributed by atoms with E-state index < -0.39 is 0 Å². The number of rotatable bonds is 8. The van der Waals surface area contributed by atoms with Gasteiger partial charge in [0.1, 0.15) is 5.75 Å². The SMILES string of the molecule is C=C(CO)C1=CCOC1CC/C(=C/c1ccc(O)cc1)CCC. The largest absolute Gasteiger partial charge is 0.508 e. The van der Waals surface area contributed by atoms with Crippen LogP contribution in [0.4, 0.5) is 0 Å². The molecule has 0 radical (unpaired) electrons. The molecular weight excluding hydrogens is 288 g/mol. The quantitative estimate of drug-likeness (QED) is 0.755. The first-order chi connectivity index (χ1) is 11.1. The van der Waals surface area contributed by atoms with Gasteiger partial charge in [0.2, 0.25) is 0 Å². The number of hydrogen-bond donors (Lipinski definition) is 2. The van der Waals surface area contributed by atoms with Gasteiger partial charge < -0.3 is 14.9 Å². The molecule has 124 valence electrons. The number of hydrogen-bond acceptors (Lipinski definition) is 3. The van der Waals surface area contributed by atoms with Crippen molar-refractivity contribution >= 4 is 6.08 Å². The van der Waals surface area contributed by atoms with Crippen LogP contribution in [0.3, 0.4) is 0 Å². The summed E-state index contributed by atoms with van der Waals surface area (Å²) in [5, 5.41) is 18.6. The van der Waals surface area contributed by atoms with Gasteiger partial charge in [-0.15, -0.1) is 0 Å². The lowest BCUT2D eigenvalue weighted by Gasteiger charge is -2.17. The molecule has 2 rings (SSSR count). The summed E-state index contributed by atoms with van der Waals surface area (Å²) >= 11 is 0. The predicted octanol–water partition coefficient (Wildman–Crippen LogP) is 4.23. The molecule has 1 heterocycles. The third kappa shape index (κ3) is 5.08. The minimum Gasteiger partial charge on any atom is -0.508 e. The summed E-state index contributed by atoms with van der Waals surface area (Å²) in [5.74, 6) is 0.288. The maximum Gasteiger partial charge on any atom is 0.115 e. The fourth-order valence-corrected chi connectivity index (χ4v) is 2.89. The Labute approximate surface area is 138 Å². The highest BCUT2D eigenvalue weighted by Gasteiger charge is 2.21. The van der Waals surface area contributed by atoms with Crippen LogP contribution < -0.4 is 0 Å². The van der Waals surface area contributed by atoms with Gasteiger partial charge in [-0.3, -0.25) is 0 Å². The standard InChI is InChI=1S/C20H26O3/c1-3-4-16(13-17-5-8-18(22)9-6-17)7-10-20-19(11-12-23-20)15(2)14-21/h5-6,8-9,11,13,20-22H,2-4,7,10,12,14H2,1H3/b16-13+. The number of allylic oxidation sites excluding steroid dienone is 1. The van der Waals surface area contributed by atoms with Crippen LogP contribution in [0, 0.1) is 0 Å². The van der Waals surface area contributed by atoms with E-state index in [1.807, 2.05) is 18.2 Å². The van der Waals surface area contributed by atoms with Gasteiger partial charge in [0.15, 0.2) is 0 Å². The first kappa shape index (κ1) is 17.5.